The van der Waals surface area contributed by atoms with E-state index in [1.807, 2.05) is 43.0 Å². The minimum Gasteiger partial charge on any atom is -0.491 e. The molecule has 4 nitrogen and oxygen atoms in total. The molecule has 21 heavy (non-hydrogen) atoms. The minimum atomic E-state index is -0.127. The molecule has 4 heteroatoms. The van der Waals surface area contributed by atoms with E-state index in [-0.39, 0.29) is 17.9 Å². The summed E-state index contributed by atoms with van der Waals surface area (Å²) in [5.74, 6) is 0.925. The van der Waals surface area contributed by atoms with Gasteiger partial charge in [0.2, 0.25) is 5.91 Å². The number of nitrogens with zero attached hydrogens (tertiary/aromatic N) is 1. The van der Waals surface area contributed by atoms with E-state index in [1.54, 1.807) is 0 Å². The average Bonchev–Trinajstić information content (AvgIpc) is 2.98. The van der Waals surface area contributed by atoms with Crippen molar-refractivity contribution in [3.63, 3.8) is 0 Å². The zero-order valence-electron chi connectivity index (χ0n) is 13.0. The number of nitrogens with two attached hydrogens (primary N) is 1. The first kappa shape index (κ1) is 15.8. The number of carbonyl (C=O) groups is 1. The second-order valence-electron chi connectivity index (χ2n) is 5.98. The Balaban J connectivity index is 2.02. The van der Waals surface area contributed by atoms with Crippen LogP contribution in [-0.2, 0) is 11.2 Å². The lowest BCUT2D eigenvalue weighted by Gasteiger charge is -2.22. The molecule has 1 amide bonds. The molecule has 0 aliphatic carbocycles. The number of likely N-dealkylation sites (tertiary alicyclic amines) is 1. The highest BCUT2D eigenvalue weighted by Gasteiger charge is 2.25. The first-order chi connectivity index (χ1) is 10.1. The molecule has 1 saturated heterocycles. The first-order valence-electron chi connectivity index (χ1n) is 7.84. The van der Waals surface area contributed by atoms with E-state index >= 15 is 0 Å². The first-order valence-corrected chi connectivity index (χ1v) is 7.84. The Bertz CT molecular complexity index is 468. The SMILES string of the molecule is CC(C)Oc1cccc(CC(CN)C(=O)N2CCCC2)c1. The predicted octanol–water partition coefficient (Wildman–Crippen LogP) is 2.21. The quantitative estimate of drug-likeness (QED) is 0.874. The van der Waals surface area contributed by atoms with Crippen molar-refractivity contribution < 1.29 is 9.53 Å². The molecule has 1 fully saturated rings. The maximum absolute atomic E-state index is 12.5. The van der Waals surface area contributed by atoms with Crippen LogP contribution in [-0.4, -0.2) is 36.5 Å². The third-order valence-electron chi connectivity index (χ3n) is 3.80. The van der Waals surface area contributed by atoms with Gasteiger partial charge in [-0.1, -0.05) is 12.1 Å². The highest BCUT2D eigenvalue weighted by molar-refractivity contribution is 5.79. The van der Waals surface area contributed by atoms with E-state index in [0.29, 0.717) is 13.0 Å². The largest absolute Gasteiger partial charge is 0.491 e. The van der Waals surface area contributed by atoms with Crippen LogP contribution in [0.4, 0.5) is 0 Å². The lowest BCUT2D eigenvalue weighted by molar-refractivity contribution is -0.134. The van der Waals surface area contributed by atoms with Gasteiger partial charge in [0.1, 0.15) is 5.75 Å². The minimum absolute atomic E-state index is 0.127. The fourth-order valence-corrected chi connectivity index (χ4v) is 2.77. The van der Waals surface area contributed by atoms with Crippen LogP contribution in [0.3, 0.4) is 0 Å². The zero-order chi connectivity index (χ0) is 15.2. The second kappa shape index (κ2) is 7.46. The summed E-state index contributed by atoms with van der Waals surface area (Å²) in [6.45, 7) is 6.17. The Morgan fingerprint density at radius 3 is 2.67 bits per heavy atom. The molecule has 0 saturated carbocycles. The molecule has 0 bridgehead atoms. The van der Waals surface area contributed by atoms with Crippen molar-refractivity contribution in [1.82, 2.24) is 4.90 Å². The maximum atomic E-state index is 12.5. The Morgan fingerprint density at radius 2 is 2.05 bits per heavy atom. The number of benzene rings is 1. The van der Waals surface area contributed by atoms with Crippen LogP contribution in [0, 0.1) is 5.92 Å². The number of hydrogen-bond donors (Lipinski definition) is 1. The van der Waals surface area contributed by atoms with Crippen molar-refractivity contribution in [3.8, 4) is 5.75 Å². The molecule has 1 aliphatic heterocycles. The van der Waals surface area contributed by atoms with E-state index in [9.17, 15) is 4.79 Å². The molecule has 1 aromatic carbocycles. The van der Waals surface area contributed by atoms with Gasteiger partial charge in [-0.25, -0.2) is 0 Å². The van der Waals surface area contributed by atoms with Crippen LogP contribution in [0.1, 0.15) is 32.3 Å². The van der Waals surface area contributed by atoms with E-state index in [2.05, 4.69) is 0 Å². The van der Waals surface area contributed by atoms with Gasteiger partial charge in [0.25, 0.3) is 0 Å². The highest BCUT2D eigenvalue weighted by Crippen LogP contribution is 2.19. The number of hydrogen-bond acceptors (Lipinski definition) is 3. The van der Waals surface area contributed by atoms with Crippen LogP contribution in [0.5, 0.6) is 5.75 Å². The molecule has 2 N–H and O–H groups in total. The van der Waals surface area contributed by atoms with Gasteiger partial charge >= 0.3 is 0 Å². The van der Waals surface area contributed by atoms with E-state index in [4.69, 9.17) is 10.5 Å². The van der Waals surface area contributed by atoms with Crippen molar-refractivity contribution in [2.24, 2.45) is 11.7 Å². The molecular weight excluding hydrogens is 264 g/mol. The molecular formula is C17H26N2O2. The van der Waals surface area contributed by atoms with Gasteiger partial charge in [0.15, 0.2) is 0 Å². The number of amides is 1. The standard InChI is InChI=1S/C17H26N2O2/c1-13(2)21-16-7-5-6-14(11-16)10-15(12-18)17(20)19-8-3-4-9-19/h5-7,11,13,15H,3-4,8-10,12,18H2,1-2H3. The lowest BCUT2D eigenvalue weighted by atomic mass is 9.98. The fourth-order valence-electron chi connectivity index (χ4n) is 2.77. The Labute approximate surface area is 127 Å². The monoisotopic (exact) mass is 290 g/mol. The molecule has 1 aromatic rings. The summed E-state index contributed by atoms with van der Waals surface area (Å²) >= 11 is 0. The van der Waals surface area contributed by atoms with E-state index in [1.165, 1.54) is 0 Å². The molecule has 1 heterocycles. The third kappa shape index (κ3) is 4.46. The van der Waals surface area contributed by atoms with Crippen LogP contribution >= 0.6 is 0 Å². The lowest BCUT2D eigenvalue weighted by Crippen LogP contribution is -2.38. The van der Waals surface area contributed by atoms with Crippen molar-refractivity contribution in [1.29, 1.82) is 0 Å². The van der Waals surface area contributed by atoms with Gasteiger partial charge in [-0.3, -0.25) is 4.79 Å². The molecule has 1 atom stereocenters. The molecule has 1 unspecified atom stereocenters. The summed E-state index contributed by atoms with van der Waals surface area (Å²) in [4.78, 5) is 14.4. The van der Waals surface area contributed by atoms with Crippen LogP contribution < -0.4 is 10.5 Å². The average molecular weight is 290 g/mol. The van der Waals surface area contributed by atoms with Gasteiger partial charge in [-0.05, 0) is 50.8 Å². The van der Waals surface area contributed by atoms with Gasteiger partial charge in [0, 0.05) is 19.6 Å². The number of ether oxygens (including phenoxy) is 1. The van der Waals surface area contributed by atoms with Crippen LogP contribution in [0.2, 0.25) is 0 Å². The van der Waals surface area contributed by atoms with Crippen molar-refractivity contribution in [2.75, 3.05) is 19.6 Å². The summed E-state index contributed by atoms with van der Waals surface area (Å²) in [5, 5.41) is 0. The van der Waals surface area contributed by atoms with Crippen molar-refractivity contribution in [2.45, 2.75) is 39.2 Å². The van der Waals surface area contributed by atoms with Crippen LogP contribution in [0.25, 0.3) is 0 Å². The molecule has 0 aromatic heterocycles. The number of carbonyl (C=O) groups excluding carboxylic acids is 1. The van der Waals surface area contributed by atoms with Gasteiger partial charge in [-0.2, -0.15) is 0 Å². The summed E-state index contributed by atoms with van der Waals surface area (Å²) in [5.41, 5.74) is 6.94. The van der Waals surface area contributed by atoms with E-state index < -0.39 is 0 Å². The Hall–Kier alpha value is -1.55. The topological polar surface area (TPSA) is 55.6 Å². The van der Waals surface area contributed by atoms with Gasteiger partial charge in [0.05, 0.1) is 12.0 Å². The normalized spacial score (nSPS) is 16.3. The molecule has 116 valence electrons. The summed E-state index contributed by atoms with van der Waals surface area (Å²) < 4.78 is 5.70. The Morgan fingerprint density at radius 1 is 1.33 bits per heavy atom. The second-order valence-corrected chi connectivity index (χ2v) is 5.98. The third-order valence-corrected chi connectivity index (χ3v) is 3.80. The smallest absolute Gasteiger partial charge is 0.227 e. The summed E-state index contributed by atoms with van der Waals surface area (Å²) in [6.07, 6.45) is 3.06. The van der Waals surface area contributed by atoms with Gasteiger partial charge < -0.3 is 15.4 Å². The maximum Gasteiger partial charge on any atom is 0.227 e. The Kier molecular flexibility index (Phi) is 5.62. The molecule has 1 aliphatic rings. The van der Waals surface area contributed by atoms with Crippen molar-refractivity contribution in [3.05, 3.63) is 29.8 Å². The zero-order valence-corrected chi connectivity index (χ0v) is 13.0. The predicted molar refractivity (Wildman–Crippen MR) is 84.3 cm³/mol. The molecule has 0 spiro atoms. The molecule has 0 radical (unpaired) electrons. The van der Waals surface area contributed by atoms with Gasteiger partial charge in [-0.15, -0.1) is 0 Å². The summed E-state index contributed by atoms with van der Waals surface area (Å²) in [6, 6.07) is 7.97. The fraction of sp³-hybridized carbons (Fsp3) is 0.588. The highest BCUT2D eigenvalue weighted by atomic mass is 16.5. The van der Waals surface area contributed by atoms with Crippen LogP contribution in [0.15, 0.2) is 24.3 Å². The number of rotatable bonds is 6. The summed E-state index contributed by atoms with van der Waals surface area (Å²) in [7, 11) is 0. The molecule has 2 rings (SSSR count). The van der Waals surface area contributed by atoms with Crippen molar-refractivity contribution >= 4 is 5.91 Å². The van der Waals surface area contributed by atoms with E-state index in [0.717, 1.165) is 37.2 Å².